The van der Waals surface area contributed by atoms with E-state index in [0.717, 1.165) is 35.5 Å². The van der Waals surface area contributed by atoms with E-state index >= 15 is 0 Å². The Morgan fingerprint density at radius 1 is 1.21 bits per heavy atom. The number of thioether (sulfide) groups is 1. The molecule has 5 nitrogen and oxygen atoms in total. The number of rotatable bonds is 8. The normalized spacial score (nSPS) is 16.8. The molecule has 0 bridgehead atoms. The van der Waals surface area contributed by atoms with Crippen LogP contribution < -0.4 is 11.1 Å². The first-order chi connectivity index (χ1) is 13.5. The lowest BCUT2D eigenvalue weighted by molar-refractivity contribution is -0.122. The van der Waals surface area contributed by atoms with Crippen molar-refractivity contribution in [1.82, 2.24) is 4.90 Å². The molecule has 2 aromatic carbocycles. The van der Waals surface area contributed by atoms with E-state index in [1.807, 2.05) is 24.3 Å². The highest BCUT2D eigenvalue weighted by Crippen LogP contribution is 2.22. The lowest BCUT2D eigenvalue weighted by atomic mass is 10.1. The fraction of sp³-hybridized carbons (Fsp3) is 0.333. The maximum atomic E-state index is 12.9. The molecule has 28 heavy (non-hydrogen) atoms. The molecule has 0 spiro atoms. The molecule has 0 aliphatic carbocycles. The van der Waals surface area contributed by atoms with E-state index < -0.39 is 0 Å². The Balaban J connectivity index is 1.49. The first kappa shape index (κ1) is 20.4. The van der Waals surface area contributed by atoms with Gasteiger partial charge in [-0.3, -0.25) is 14.5 Å². The Bertz CT molecular complexity index is 829. The lowest BCUT2D eigenvalue weighted by Crippen LogP contribution is -2.39. The average molecular weight is 402 g/mol. The largest absolute Gasteiger partial charge is 0.368 e. The predicted molar refractivity (Wildman–Crippen MR) is 109 cm³/mol. The number of nitrogens with zero attached hydrogens (tertiary/aromatic N) is 1. The fourth-order valence-corrected chi connectivity index (χ4v) is 4.19. The van der Waals surface area contributed by atoms with Crippen molar-refractivity contribution < 1.29 is 14.0 Å². The maximum Gasteiger partial charge on any atom is 0.234 e. The second-order valence-corrected chi connectivity index (χ2v) is 8.00. The number of nitrogens with one attached hydrogen (secondary N) is 1. The smallest absolute Gasteiger partial charge is 0.234 e. The second kappa shape index (κ2) is 9.71. The van der Waals surface area contributed by atoms with Crippen molar-refractivity contribution in [3.63, 3.8) is 0 Å². The highest BCUT2D eigenvalue weighted by molar-refractivity contribution is 7.99. The number of carbonyl (C=O) groups is 2. The summed E-state index contributed by atoms with van der Waals surface area (Å²) >= 11 is 1.52. The summed E-state index contributed by atoms with van der Waals surface area (Å²) in [6.07, 6.45) is 2.13. The Morgan fingerprint density at radius 2 is 2.00 bits per heavy atom. The first-order valence-electron chi connectivity index (χ1n) is 9.32. The van der Waals surface area contributed by atoms with Crippen LogP contribution in [0.15, 0.2) is 53.4 Å². The van der Waals surface area contributed by atoms with Crippen molar-refractivity contribution in [2.45, 2.75) is 36.7 Å². The van der Waals surface area contributed by atoms with Gasteiger partial charge in [-0.25, -0.2) is 4.39 Å². The highest BCUT2D eigenvalue weighted by atomic mass is 32.2. The number of hydrogen-bond donors (Lipinski definition) is 2. The predicted octanol–water partition coefficient (Wildman–Crippen LogP) is 3.40. The van der Waals surface area contributed by atoms with Crippen LogP contribution >= 0.6 is 11.8 Å². The molecule has 1 unspecified atom stereocenters. The molecule has 2 aromatic rings. The number of primary amides is 1. The summed E-state index contributed by atoms with van der Waals surface area (Å²) in [6.45, 7) is 1.49. The molecule has 148 valence electrons. The second-order valence-electron chi connectivity index (χ2n) is 6.83. The molecule has 1 fully saturated rings. The van der Waals surface area contributed by atoms with Gasteiger partial charge in [0.1, 0.15) is 5.82 Å². The summed E-state index contributed by atoms with van der Waals surface area (Å²) in [5.41, 5.74) is 7.25. The Morgan fingerprint density at radius 3 is 2.75 bits per heavy atom. The van der Waals surface area contributed by atoms with Crippen molar-refractivity contribution in [3.8, 4) is 0 Å². The van der Waals surface area contributed by atoms with Crippen LogP contribution in [0.3, 0.4) is 0 Å². The van der Waals surface area contributed by atoms with Crippen LogP contribution in [0.4, 0.5) is 10.1 Å². The van der Waals surface area contributed by atoms with Gasteiger partial charge >= 0.3 is 0 Å². The van der Waals surface area contributed by atoms with Crippen molar-refractivity contribution >= 4 is 29.3 Å². The van der Waals surface area contributed by atoms with Gasteiger partial charge in [0.15, 0.2) is 0 Å². The van der Waals surface area contributed by atoms with Gasteiger partial charge < -0.3 is 11.1 Å². The molecule has 0 radical (unpaired) electrons. The minimum Gasteiger partial charge on any atom is -0.368 e. The van der Waals surface area contributed by atoms with Crippen LogP contribution in [0, 0.1) is 5.82 Å². The van der Waals surface area contributed by atoms with Crippen LogP contribution in [0.5, 0.6) is 0 Å². The number of hydrogen-bond acceptors (Lipinski definition) is 4. The lowest BCUT2D eigenvalue weighted by Gasteiger charge is -2.22. The zero-order valence-corrected chi connectivity index (χ0v) is 16.4. The van der Waals surface area contributed by atoms with Gasteiger partial charge in [-0.1, -0.05) is 12.1 Å². The van der Waals surface area contributed by atoms with Crippen LogP contribution in [-0.4, -0.2) is 35.1 Å². The van der Waals surface area contributed by atoms with Crippen LogP contribution in [-0.2, 0) is 16.1 Å². The average Bonchev–Trinajstić information content (AvgIpc) is 3.12. The molecule has 1 atom stereocenters. The molecule has 1 saturated heterocycles. The molecule has 2 amide bonds. The number of likely N-dealkylation sites (tertiary alicyclic amines) is 1. The molecule has 1 heterocycles. The van der Waals surface area contributed by atoms with E-state index in [-0.39, 0.29) is 23.7 Å². The topological polar surface area (TPSA) is 75.4 Å². The third-order valence-corrected chi connectivity index (χ3v) is 5.71. The minimum atomic E-state index is -0.277. The zero-order chi connectivity index (χ0) is 19.9. The molecular formula is C21H24FN3O2S. The summed E-state index contributed by atoms with van der Waals surface area (Å²) in [6, 6.07) is 13.7. The molecule has 0 aromatic heterocycles. The van der Waals surface area contributed by atoms with Crippen LogP contribution in [0.2, 0.25) is 0 Å². The van der Waals surface area contributed by atoms with E-state index in [9.17, 15) is 14.0 Å². The molecule has 7 heteroatoms. The van der Waals surface area contributed by atoms with Crippen molar-refractivity contribution in [3.05, 3.63) is 59.9 Å². The summed E-state index contributed by atoms with van der Waals surface area (Å²) in [5, 5.41) is 2.91. The van der Waals surface area contributed by atoms with E-state index in [0.29, 0.717) is 18.7 Å². The monoisotopic (exact) mass is 401 g/mol. The van der Waals surface area contributed by atoms with Gasteiger partial charge in [-0.15, -0.1) is 11.8 Å². The van der Waals surface area contributed by atoms with Crippen molar-refractivity contribution in [1.29, 1.82) is 0 Å². The van der Waals surface area contributed by atoms with Crippen LogP contribution in [0.1, 0.15) is 24.8 Å². The standard InChI is InChI=1S/C21H24FN3O2S/c22-16-6-8-18(9-7-16)28-12-10-20(26)24-17-4-1-3-15(13-17)14-25-11-2-5-19(25)21(23)27/h1,3-4,6-9,13,19H,2,5,10-12,14H2,(H2,23,27)(H,24,26). The molecule has 3 rings (SSSR count). The number of benzene rings is 2. The molecule has 1 aliphatic rings. The van der Waals surface area contributed by atoms with E-state index in [4.69, 9.17) is 5.73 Å². The quantitative estimate of drug-likeness (QED) is 0.665. The third-order valence-electron chi connectivity index (χ3n) is 4.70. The van der Waals surface area contributed by atoms with Gasteiger partial charge in [0.05, 0.1) is 6.04 Å². The van der Waals surface area contributed by atoms with E-state index in [1.165, 1.54) is 23.9 Å². The van der Waals surface area contributed by atoms with Gasteiger partial charge in [0, 0.05) is 29.3 Å². The Labute approximate surface area is 168 Å². The summed E-state index contributed by atoms with van der Waals surface area (Å²) in [5.74, 6) is 0.00668. The number of anilines is 1. The van der Waals surface area contributed by atoms with Crippen LogP contribution in [0.25, 0.3) is 0 Å². The number of carbonyl (C=O) groups excluding carboxylic acids is 2. The third kappa shape index (κ3) is 5.81. The number of amides is 2. The van der Waals surface area contributed by atoms with Gasteiger partial charge in [-0.2, -0.15) is 0 Å². The Kier molecular flexibility index (Phi) is 7.06. The molecule has 3 N–H and O–H groups in total. The molecule has 0 saturated carbocycles. The molecular weight excluding hydrogens is 377 g/mol. The SMILES string of the molecule is NC(=O)C1CCCN1Cc1cccc(NC(=O)CCSc2ccc(F)cc2)c1. The fourth-order valence-electron chi connectivity index (χ4n) is 3.34. The van der Waals surface area contributed by atoms with Crippen molar-refractivity contribution in [2.75, 3.05) is 17.6 Å². The number of halogens is 1. The van der Waals surface area contributed by atoms with Gasteiger partial charge in [0.25, 0.3) is 0 Å². The maximum absolute atomic E-state index is 12.9. The van der Waals surface area contributed by atoms with Gasteiger partial charge in [-0.05, 0) is 61.3 Å². The highest BCUT2D eigenvalue weighted by Gasteiger charge is 2.28. The first-order valence-corrected chi connectivity index (χ1v) is 10.3. The minimum absolute atomic E-state index is 0.0667. The van der Waals surface area contributed by atoms with E-state index in [1.54, 1.807) is 12.1 Å². The number of nitrogens with two attached hydrogens (primary N) is 1. The summed E-state index contributed by atoms with van der Waals surface area (Å²) < 4.78 is 12.9. The summed E-state index contributed by atoms with van der Waals surface area (Å²) in [7, 11) is 0. The van der Waals surface area contributed by atoms with Gasteiger partial charge in [0.2, 0.25) is 11.8 Å². The zero-order valence-electron chi connectivity index (χ0n) is 15.6. The Hall–Kier alpha value is -2.38. The van der Waals surface area contributed by atoms with E-state index in [2.05, 4.69) is 10.2 Å². The van der Waals surface area contributed by atoms with Crippen molar-refractivity contribution in [2.24, 2.45) is 5.73 Å². The summed E-state index contributed by atoms with van der Waals surface area (Å²) in [4.78, 5) is 26.8. The molecule has 1 aliphatic heterocycles.